The number of nitrogens with zero attached hydrogens (tertiary/aromatic N) is 1. The maximum atomic E-state index is 13.9. The van der Waals surface area contributed by atoms with Gasteiger partial charge in [-0.15, -0.1) is 0 Å². The van der Waals surface area contributed by atoms with Crippen molar-refractivity contribution in [3.8, 4) is 17.2 Å². The van der Waals surface area contributed by atoms with Crippen LogP contribution >= 0.6 is 0 Å². The van der Waals surface area contributed by atoms with Gasteiger partial charge in [0.2, 0.25) is 0 Å². The van der Waals surface area contributed by atoms with Gasteiger partial charge in [-0.2, -0.15) is 0 Å². The van der Waals surface area contributed by atoms with E-state index in [1.807, 2.05) is 83.8 Å². The fourth-order valence-corrected chi connectivity index (χ4v) is 4.97. The summed E-state index contributed by atoms with van der Waals surface area (Å²) in [5, 5.41) is 0. The zero-order valence-corrected chi connectivity index (χ0v) is 21.9. The van der Waals surface area contributed by atoms with Gasteiger partial charge in [-0.25, -0.2) is 0 Å². The van der Waals surface area contributed by atoms with Crippen LogP contribution in [0.4, 0.5) is 0 Å². The topological polar surface area (TPSA) is 48.0 Å². The van der Waals surface area contributed by atoms with Crippen LogP contribution in [0.25, 0.3) is 12.2 Å². The number of fused-ring (bicyclic) bond motifs is 1. The summed E-state index contributed by atoms with van der Waals surface area (Å²) in [6.45, 7) is 0.591. The van der Waals surface area contributed by atoms with Crippen LogP contribution in [0.3, 0.4) is 0 Å². The zero-order chi connectivity index (χ0) is 26.5. The molecule has 4 aromatic carbocycles. The Hall–Kier alpha value is -4.51. The van der Waals surface area contributed by atoms with Gasteiger partial charge in [0, 0.05) is 12.1 Å². The number of benzene rings is 4. The Kier molecular flexibility index (Phi) is 7.45. The standard InChI is InChI=1S/C33H31NO4/c1-36-28-17-15-25(16-18-28)32-29-22-31(38-3)30(37-2)21-27(29)19-20-34(32)33(35)26-13-11-24(12-14-26)10-9-23-7-5-4-6-8-23/h4-18,21-22,32H,19-20H2,1-3H3/b10-9+. The van der Waals surface area contributed by atoms with Gasteiger partial charge >= 0.3 is 0 Å². The number of hydrogen-bond acceptors (Lipinski definition) is 4. The minimum absolute atomic E-state index is 0.00941. The largest absolute Gasteiger partial charge is 0.497 e. The molecule has 1 aliphatic heterocycles. The first-order valence-electron chi connectivity index (χ1n) is 12.6. The minimum atomic E-state index is -0.269. The lowest BCUT2D eigenvalue weighted by Gasteiger charge is -2.38. The van der Waals surface area contributed by atoms with E-state index in [2.05, 4.69) is 24.3 Å². The third-order valence-electron chi connectivity index (χ3n) is 6.99. The van der Waals surface area contributed by atoms with Gasteiger partial charge < -0.3 is 19.1 Å². The molecule has 38 heavy (non-hydrogen) atoms. The molecular weight excluding hydrogens is 474 g/mol. The smallest absolute Gasteiger partial charge is 0.254 e. The average molecular weight is 506 g/mol. The molecule has 1 aliphatic rings. The molecule has 0 spiro atoms. The molecule has 4 aromatic rings. The van der Waals surface area contributed by atoms with Crippen molar-refractivity contribution < 1.29 is 19.0 Å². The fourth-order valence-electron chi connectivity index (χ4n) is 4.97. The first kappa shape index (κ1) is 25.2. The first-order chi connectivity index (χ1) is 18.6. The molecule has 1 unspecified atom stereocenters. The van der Waals surface area contributed by atoms with Gasteiger partial charge in [-0.1, -0.05) is 66.7 Å². The summed E-state index contributed by atoms with van der Waals surface area (Å²) in [7, 11) is 4.92. The van der Waals surface area contributed by atoms with Crippen LogP contribution in [0.2, 0.25) is 0 Å². The molecule has 0 fully saturated rings. The third-order valence-corrected chi connectivity index (χ3v) is 6.99. The second kappa shape index (κ2) is 11.3. The van der Waals surface area contributed by atoms with Crippen LogP contribution in [0.15, 0.2) is 91.0 Å². The van der Waals surface area contributed by atoms with E-state index in [-0.39, 0.29) is 11.9 Å². The van der Waals surface area contributed by atoms with Crippen molar-refractivity contribution in [1.82, 2.24) is 4.90 Å². The SMILES string of the molecule is COc1ccc(C2c3cc(OC)c(OC)cc3CCN2C(=O)c2ccc(/C=C/c3ccccc3)cc2)cc1. The minimum Gasteiger partial charge on any atom is -0.497 e. The summed E-state index contributed by atoms with van der Waals surface area (Å²) in [4.78, 5) is 15.9. The number of amides is 1. The number of methoxy groups -OCH3 is 3. The lowest BCUT2D eigenvalue weighted by molar-refractivity contribution is 0.0694. The Labute approximate surface area is 223 Å². The van der Waals surface area contributed by atoms with Crippen molar-refractivity contribution in [2.75, 3.05) is 27.9 Å². The van der Waals surface area contributed by atoms with Crippen molar-refractivity contribution in [3.05, 3.63) is 124 Å². The Morgan fingerprint density at radius 2 is 1.39 bits per heavy atom. The fraction of sp³-hybridized carbons (Fsp3) is 0.182. The van der Waals surface area contributed by atoms with Crippen molar-refractivity contribution in [2.24, 2.45) is 0 Å². The lowest BCUT2D eigenvalue weighted by atomic mass is 9.87. The molecule has 5 nitrogen and oxygen atoms in total. The highest BCUT2D eigenvalue weighted by atomic mass is 16.5. The molecule has 0 bridgehead atoms. The van der Waals surface area contributed by atoms with Gasteiger partial charge in [0.15, 0.2) is 11.5 Å². The number of hydrogen-bond donors (Lipinski definition) is 0. The highest BCUT2D eigenvalue weighted by molar-refractivity contribution is 5.95. The van der Waals surface area contributed by atoms with E-state index < -0.39 is 0 Å². The van der Waals surface area contributed by atoms with Crippen LogP contribution in [0.1, 0.15) is 44.2 Å². The summed E-state index contributed by atoms with van der Waals surface area (Å²) >= 11 is 0. The van der Waals surface area contributed by atoms with Gasteiger partial charge in [0.1, 0.15) is 5.75 Å². The molecule has 0 saturated heterocycles. The molecule has 0 radical (unpaired) electrons. The summed E-state index contributed by atoms with van der Waals surface area (Å²) < 4.78 is 16.5. The Bertz CT molecular complexity index is 1430. The number of rotatable bonds is 7. The Morgan fingerprint density at radius 1 is 0.763 bits per heavy atom. The molecule has 1 heterocycles. The van der Waals surface area contributed by atoms with Gasteiger partial charge in [-0.05, 0) is 70.6 Å². The maximum absolute atomic E-state index is 13.9. The third kappa shape index (κ3) is 5.14. The van der Waals surface area contributed by atoms with Crippen LogP contribution in [-0.4, -0.2) is 38.7 Å². The van der Waals surface area contributed by atoms with E-state index in [0.717, 1.165) is 40.0 Å². The van der Waals surface area contributed by atoms with Crippen molar-refractivity contribution in [2.45, 2.75) is 12.5 Å². The molecule has 0 N–H and O–H groups in total. The van der Waals surface area contributed by atoms with Gasteiger partial charge in [0.05, 0.1) is 27.4 Å². The number of carbonyl (C=O) groups is 1. The highest BCUT2D eigenvalue weighted by Crippen LogP contribution is 2.41. The molecule has 1 amide bonds. The first-order valence-corrected chi connectivity index (χ1v) is 12.6. The quantitative estimate of drug-likeness (QED) is 0.263. The second-order valence-electron chi connectivity index (χ2n) is 9.20. The number of carbonyl (C=O) groups excluding carboxylic acids is 1. The molecule has 192 valence electrons. The van der Waals surface area contributed by atoms with Crippen LogP contribution < -0.4 is 14.2 Å². The molecular formula is C33H31NO4. The number of ether oxygens (including phenoxy) is 3. The summed E-state index contributed by atoms with van der Waals surface area (Å²) in [5.74, 6) is 2.10. The van der Waals surface area contributed by atoms with E-state index in [1.54, 1.807) is 21.3 Å². The molecule has 0 aliphatic carbocycles. The van der Waals surface area contributed by atoms with Gasteiger partial charge in [0.25, 0.3) is 5.91 Å². The lowest BCUT2D eigenvalue weighted by Crippen LogP contribution is -2.40. The molecule has 0 saturated carbocycles. The van der Waals surface area contributed by atoms with E-state index in [9.17, 15) is 4.79 Å². The van der Waals surface area contributed by atoms with Gasteiger partial charge in [-0.3, -0.25) is 4.79 Å². The van der Waals surface area contributed by atoms with Crippen LogP contribution in [0.5, 0.6) is 17.2 Å². The predicted molar refractivity (Wildman–Crippen MR) is 151 cm³/mol. The van der Waals surface area contributed by atoms with E-state index in [1.165, 1.54) is 0 Å². The molecule has 5 rings (SSSR count). The monoisotopic (exact) mass is 505 g/mol. The van der Waals surface area contributed by atoms with Crippen LogP contribution in [0, 0.1) is 0 Å². The van der Waals surface area contributed by atoms with Crippen molar-refractivity contribution in [1.29, 1.82) is 0 Å². The van der Waals surface area contributed by atoms with E-state index >= 15 is 0 Å². The summed E-state index contributed by atoms with van der Waals surface area (Å²) in [6, 6.07) is 29.6. The molecule has 0 aromatic heterocycles. The summed E-state index contributed by atoms with van der Waals surface area (Å²) in [6.07, 6.45) is 4.85. The molecule has 5 heteroatoms. The highest BCUT2D eigenvalue weighted by Gasteiger charge is 2.34. The van der Waals surface area contributed by atoms with E-state index in [4.69, 9.17) is 14.2 Å². The van der Waals surface area contributed by atoms with Crippen molar-refractivity contribution in [3.63, 3.8) is 0 Å². The zero-order valence-electron chi connectivity index (χ0n) is 21.9. The second-order valence-corrected chi connectivity index (χ2v) is 9.20. The van der Waals surface area contributed by atoms with Crippen molar-refractivity contribution >= 4 is 18.1 Å². The van der Waals surface area contributed by atoms with E-state index in [0.29, 0.717) is 23.6 Å². The Morgan fingerprint density at radius 3 is 2.03 bits per heavy atom. The molecule has 1 atom stereocenters. The average Bonchev–Trinajstić information content (AvgIpc) is 2.99. The maximum Gasteiger partial charge on any atom is 0.254 e. The predicted octanol–water partition coefficient (Wildman–Crippen LogP) is 6.67. The summed E-state index contributed by atoms with van der Waals surface area (Å²) in [5.41, 5.74) is 6.02. The van der Waals surface area contributed by atoms with Crippen LogP contribution in [-0.2, 0) is 6.42 Å². The normalized spacial score (nSPS) is 14.7. The Balaban J connectivity index is 1.48.